The van der Waals surface area contributed by atoms with Crippen molar-refractivity contribution in [2.24, 2.45) is 0 Å². The number of nitro groups is 1. The minimum Gasteiger partial charge on any atom is -0.452 e. The van der Waals surface area contributed by atoms with Gasteiger partial charge in [0.2, 0.25) is 0 Å². The van der Waals surface area contributed by atoms with Crippen LogP contribution in [0.15, 0.2) is 66.7 Å². The average molecular weight is 480 g/mol. The van der Waals surface area contributed by atoms with E-state index >= 15 is 0 Å². The molecule has 3 amide bonds. The van der Waals surface area contributed by atoms with E-state index < -0.39 is 40.9 Å². The number of anilines is 2. The molecule has 34 heavy (non-hydrogen) atoms. The zero-order valence-corrected chi connectivity index (χ0v) is 17.9. The Labute approximate surface area is 196 Å². The zero-order chi connectivity index (χ0) is 24.4. The Kier molecular flexibility index (Phi) is 6.07. The third kappa shape index (κ3) is 4.34. The minimum absolute atomic E-state index is 0.000621. The highest BCUT2D eigenvalue weighted by molar-refractivity contribution is 6.34. The Bertz CT molecular complexity index is 1340. The number of hydrogen-bond acceptors (Lipinski definition) is 7. The number of amides is 3. The lowest BCUT2D eigenvalue weighted by Gasteiger charge is -2.15. The van der Waals surface area contributed by atoms with E-state index in [1.54, 1.807) is 12.1 Å². The number of nitrogens with zero attached hydrogens (tertiary/aromatic N) is 2. The van der Waals surface area contributed by atoms with Gasteiger partial charge in [0.1, 0.15) is 5.69 Å². The van der Waals surface area contributed by atoms with Gasteiger partial charge >= 0.3 is 5.97 Å². The number of carbonyl (C=O) groups is 4. The fourth-order valence-corrected chi connectivity index (χ4v) is 3.52. The number of hydrogen-bond donors (Lipinski definition) is 1. The van der Waals surface area contributed by atoms with Crippen molar-refractivity contribution < 1.29 is 28.8 Å². The second-order valence-corrected chi connectivity index (χ2v) is 7.52. The maximum Gasteiger partial charge on any atom is 0.338 e. The van der Waals surface area contributed by atoms with Crippen LogP contribution in [0.5, 0.6) is 0 Å². The molecule has 11 heteroatoms. The Morgan fingerprint density at radius 2 is 1.65 bits per heavy atom. The summed E-state index contributed by atoms with van der Waals surface area (Å²) in [5.41, 5.74) is 0.159. The molecule has 0 saturated heterocycles. The lowest BCUT2D eigenvalue weighted by Crippen LogP contribution is -2.29. The first-order chi connectivity index (χ1) is 16.3. The van der Waals surface area contributed by atoms with Gasteiger partial charge in [-0.25, -0.2) is 9.69 Å². The van der Waals surface area contributed by atoms with E-state index in [-0.39, 0.29) is 33.1 Å². The van der Waals surface area contributed by atoms with Crippen LogP contribution in [-0.2, 0) is 9.53 Å². The van der Waals surface area contributed by atoms with Gasteiger partial charge in [-0.15, -0.1) is 0 Å². The van der Waals surface area contributed by atoms with E-state index in [0.717, 1.165) is 11.0 Å². The van der Waals surface area contributed by atoms with Gasteiger partial charge < -0.3 is 10.1 Å². The number of halogens is 1. The predicted octanol–water partition coefficient (Wildman–Crippen LogP) is 3.84. The van der Waals surface area contributed by atoms with Crippen LogP contribution < -0.4 is 10.2 Å². The van der Waals surface area contributed by atoms with Gasteiger partial charge in [-0.2, -0.15) is 0 Å². The van der Waals surface area contributed by atoms with Gasteiger partial charge in [-0.3, -0.25) is 24.5 Å². The summed E-state index contributed by atoms with van der Waals surface area (Å²) in [5, 5.41) is 13.5. The molecule has 4 rings (SSSR count). The minimum atomic E-state index is -0.890. The van der Waals surface area contributed by atoms with E-state index in [1.165, 1.54) is 48.5 Å². The van der Waals surface area contributed by atoms with Crippen molar-refractivity contribution in [2.75, 3.05) is 16.8 Å². The molecule has 3 aromatic rings. The van der Waals surface area contributed by atoms with Crippen molar-refractivity contribution in [1.82, 2.24) is 0 Å². The van der Waals surface area contributed by atoms with Gasteiger partial charge in [0.05, 0.1) is 27.3 Å². The number of benzene rings is 3. The smallest absolute Gasteiger partial charge is 0.338 e. The van der Waals surface area contributed by atoms with Crippen LogP contribution in [-0.4, -0.2) is 35.2 Å². The van der Waals surface area contributed by atoms with Gasteiger partial charge in [-0.05, 0) is 42.5 Å². The van der Waals surface area contributed by atoms with Crippen LogP contribution in [0.3, 0.4) is 0 Å². The van der Waals surface area contributed by atoms with Crippen LogP contribution in [0, 0.1) is 10.1 Å². The van der Waals surface area contributed by atoms with E-state index in [9.17, 15) is 29.3 Å². The highest BCUT2D eigenvalue weighted by Crippen LogP contribution is 2.29. The molecule has 0 saturated carbocycles. The van der Waals surface area contributed by atoms with E-state index in [2.05, 4.69) is 5.32 Å². The molecular weight excluding hydrogens is 466 g/mol. The molecule has 0 aromatic heterocycles. The van der Waals surface area contributed by atoms with Crippen molar-refractivity contribution in [3.05, 3.63) is 98.6 Å². The van der Waals surface area contributed by atoms with Gasteiger partial charge in [-0.1, -0.05) is 29.8 Å². The second-order valence-electron chi connectivity index (χ2n) is 7.08. The largest absolute Gasteiger partial charge is 0.452 e. The monoisotopic (exact) mass is 479 g/mol. The summed E-state index contributed by atoms with van der Waals surface area (Å²) < 4.78 is 4.98. The van der Waals surface area contributed by atoms with Crippen LogP contribution in [0.1, 0.15) is 31.1 Å². The quantitative estimate of drug-likeness (QED) is 0.245. The van der Waals surface area contributed by atoms with E-state index in [4.69, 9.17) is 16.3 Å². The van der Waals surface area contributed by atoms with Gasteiger partial charge in [0.15, 0.2) is 6.61 Å². The first kappa shape index (κ1) is 22.6. The molecule has 0 fully saturated rings. The summed E-state index contributed by atoms with van der Waals surface area (Å²) in [5.74, 6) is -2.74. The number of fused-ring (bicyclic) bond motifs is 1. The Hall–Kier alpha value is -4.57. The molecular formula is C23H14ClN3O7. The zero-order valence-electron chi connectivity index (χ0n) is 17.2. The van der Waals surface area contributed by atoms with Crippen molar-refractivity contribution in [3.63, 3.8) is 0 Å². The molecule has 0 spiro atoms. The molecule has 0 atom stereocenters. The standard InChI is InChI=1S/C23H14ClN3O7/c24-14-8-9-18(19(11-14)27(32)33)25-20(28)12-34-23(31)13-4-3-5-15(10-13)26-21(29)16-6-1-2-7-17(16)22(26)30/h1-11H,12H2,(H,25,28). The van der Waals surface area contributed by atoms with Crippen LogP contribution in [0.25, 0.3) is 0 Å². The summed E-state index contributed by atoms with van der Waals surface area (Å²) in [6, 6.07) is 15.7. The molecule has 170 valence electrons. The first-order valence-corrected chi connectivity index (χ1v) is 10.1. The molecule has 0 unspecified atom stereocenters. The van der Waals surface area contributed by atoms with Crippen molar-refractivity contribution in [2.45, 2.75) is 0 Å². The fourth-order valence-electron chi connectivity index (χ4n) is 3.36. The van der Waals surface area contributed by atoms with Crippen molar-refractivity contribution in [3.8, 4) is 0 Å². The Morgan fingerprint density at radius 3 is 2.29 bits per heavy atom. The third-order valence-electron chi connectivity index (χ3n) is 4.90. The number of nitrogens with one attached hydrogen (secondary N) is 1. The SMILES string of the molecule is O=C(COC(=O)c1cccc(N2C(=O)c3ccccc3C2=O)c1)Nc1ccc(Cl)cc1[N+](=O)[O-]. The number of ether oxygens (including phenoxy) is 1. The van der Waals surface area contributed by atoms with Gasteiger partial charge in [0, 0.05) is 11.1 Å². The first-order valence-electron chi connectivity index (χ1n) is 9.75. The summed E-state index contributed by atoms with van der Waals surface area (Å²) in [6.45, 7) is -0.726. The number of carbonyl (C=O) groups excluding carboxylic acids is 4. The van der Waals surface area contributed by atoms with Crippen molar-refractivity contribution in [1.29, 1.82) is 0 Å². The van der Waals surface area contributed by atoms with Crippen LogP contribution in [0.2, 0.25) is 5.02 Å². The molecule has 3 aromatic carbocycles. The molecule has 0 aliphatic carbocycles. The molecule has 0 radical (unpaired) electrons. The molecule has 10 nitrogen and oxygen atoms in total. The number of nitro benzene ring substituents is 1. The van der Waals surface area contributed by atoms with Crippen molar-refractivity contribution >= 4 is 52.4 Å². The van der Waals surface area contributed by atoms with Gasteiger partial charge in [0.25, 0.3) is 23.4 Å². The molecule has 1 N–H and O–H groups in total. The fraction of sp³-hybridized carbons (Fsp3) is 0.0435. The predicted molar refractivity (Wildman–Crippen MR) is 121 cm³/mol. The second kappa shape index (κ2) is 9.12. The Morgan fingerprint density at radius 1 is 0.971 bits per heavy atom. The molecule has 1 aliphatic heterocycles. The number of esters is 1. The highest BCUT2D eigenvalue weighted by atomic mass is 35.5. The summed E-state index contributed by atoms with van der Waals surface area (Å²) in [6.07, 6.45) is 0. The van der Waals surface area contributed by atoms with E-state index in [0.29, 0.717) is 0 Å². The maximum atomic E-state index is 12.7. The summed E-state index contributed by atoms with van der Waals surface area (Å²) in [4.78, 5) is 61.3. The van der Waals surface area contributed by atoms with E-state index in [1.807, 2.05) is 0 Å². The molecule has 1 aliphatic rings. The summed E-state index contributed by atoms with van der Waals surface area (Å²) in [7, 11) is 0. The topological polar surface area (TPSA) is 136 Å². The van der Waals surface area contributed by atoms with Crippen LogP contribution >= 0.6 is 11.6 Å². The lowest BCUT2D eigenvalue weighted by molar-refractivity contribution is -0.383. The number of imide groups is 1. The third-order valence-corrected chi connectivity index (χ3v) is 5.13. The number of rotatable bonds is 6. The molecule has 0 bridgehead atoms. The highest BCUT2D eigenvalue weighted by Gasteiger charge is 2.36. The summed E-state index contributed by atoms with van der Waals surface area (Å²) >= 11 is 5.74. The molecule has 1 heterocycles. The maximum absolute atomic E-state index is 12.7. The average Bonchev–Trinajstić information content (AvgIpc) is 3.08. The van der Waals surface area contributed by atoms with Crippen LogP contribution in [0.4, 0.5) is 17.1 Å². The normalized spacial score (nSPS) is 12.3. The lowest BCUT2D eigenvalue weighted by atomic mass is 10.1. The Balaban J connectivity index is 1.44.